The Balaban J connectivity index is 0.00000242. The number of benzene rings is 1. The topological polar surface area (TPSA) is 50.4 Å². The van der Waals surface area contributed by atoms with Crippen LogP contribution in [0.3, 0.4) is 0 Å². The molecule has 1 saturated heterocycles. The van der Waals surface area contributed by atoms with E-state index in [1.165, 1.54) is 0 Å². The fourth-order valence-electron chi connectivity index (χ4n) is 2.51. The van der Waals surface area contributed by atoms with Crippen LogP contribution in [-0.4, -0.2) is 36.7 Å². The molecule has 1 aliphatic rings. The zero-order valence-corrected chi connectivity index (χ0v) is 14.4. The van der Waals surface area contributed by atoms with E-state index in [1.54, 1.807) is 0 Å². The zero-order chi connectivity index (χ0) is 15.3. The summed E-state index contributed by atoms with van der Waals surface area (Å²) in [6.45, 7) is 7.63. The largest absolute Gasteiger partial charge is 0.459 e. The van der Waals surface area contributed by atoms with Crippen molar-refractivity contribution in [3.05, 3.63) is 35.9 Å². The maximum atomic E-state index is 12.4. The molecule has 0 aliphatic carbocycles. The molecular weight excluding hydrogens is 300 g/mol. The van der Waals surface area contributed by atoms with Gasteiger partial charge in [-0.3, -0.25) is 4.79 Å². The lowest BCUT2D eigenvalue weighted by Gasteiger charge is -2.26. The Morgan fingerprint density at radius 1 is 1.36 bits per heavy atom. The van der Waals surface area contributed by atoms with Crippen molar-refractivity contribution in [2.45, 2.75) is 51.3 Å². The third-order valence-corrected chi connectivity index (χ3v) is 3.47. The van der Waals surface area contributed by atoms with Crippen LogP contribution >= 0.6 is 12.4 Å². The van der Waals surface area contributed by atoms with Crippen molar-refractivity contribution in [3.8, 4) is 0 Å². The van der Waals surface area contributed by atoms with E-state index in [2.05, 4.69) is 10.6 Å². The van der Waals surface area contributed by atoms with Crippen LogP contribution in [0.2, 0.25) is 0 Å². The highest BCUT2D eigenvalue weighted by molar-refractivity contribution is 5.85. The van der Waals surface area contributed by atoms with Crippen LogP contribution in [0.25, 0.3) is 0 Å². The number of esters is 1. The summed E-state index contributed by atoms with van der Waals surface area (Å²) in [4.78, 5) is 12.4. The van der Waals surface area contributed by atoms with Crippen LogP contribution in [0.1, 0.15) is 32.8 Å². The number of hydrogen-bond donors (Lipinski definition) is 2. The summed E-state index contributed by atoms with van der Waals surface area (Å²) in [5, 5.41) is 6.76. The monoisotopic (exact) mass is 326 g/mol. The van der Waals surface area contributed by atoms with Crippen molar-refractivity contribution in [2.75, 3.05) is 13.1 Å². The quantitative estimate of drug-likeness (QED) is 0.815. The first-order chi connectivity index (χ1) is 9.94. The second kappa shape index (κ2) is 8.51. The highest BCUT2D eigenvalue weighted by Gasteiger charge is 2.28. The van der Waals surface area contributed by atoms with E-state index < -0.39 is 5.60 Å². The average Bonchev–Trinajstić information content (AvgIpc) is 2.90. The first-order valence-electron chi connectivity index (χ1n) is 7.67. The average molecular weight is 327 g/mol. The molecule has 1 aliphatic heterocycles. The summed E-state index contributed by atoms with van der Waals surface area (Å²) in [6, 6.07) is 10.1. The fraction of sp³-hybridized carbons (Fsp3) is 0.588. The van der Waals surface area contributed by atoms with E-state index in [1.807, 2.05) is 51.1 Å². The van der Waals surface area contributed by atoms with Gasteiger partial charge in [-0.1, -0.05) is 30.3 Å². The molecule has 0 amide bonds. The van der Waals surface area contributed by atoms with Gasteiger partial charge in [0.1, 0.15) is 11.6 Å². The van der Waals surface area contributed by atoms with Crippen molar-refractivity contribution >= 4 is 18.4 Å². The van der Waals surface area contributed by atoms with Gasteiger partial charge in [-0.05, 0) is 45.7 Å². The highest BCUT2D eigenvalue weighted by Crippen LogP contribution is 2.13. The molecule has 22 heavy (non-hydrogen) atoms. The Bertz CT molecular complexity index is 453. The second-order valence-corrected chi connectivity index (χ2v) is 6.63. The first kappa shape index (κ1) is 18.9. The van der Waals surface area contributed by atoms with Crippen molar-refractivity contribution in [1.82, 2.24) is 10.6 Å². The summed E-state index contributed by atoms with van der Waals surface area (Å²) < 4.78 is 5.56. The molecule has 0 aromatic heterocycles. The molecule has 1 aromatic carbocycles. The highest BCUT2D eigenvalue weighted by atomic mass is 35.5. The lowest BCUT2D eigenvalue weighted by Crippen LogP contribution is -2.48. The first-order valence-corrected chi connectivity index (χ1v) is 7.67. The molecule has 4 nitrogen and oxygen atoms in total. The van der Waals surface area contributed by atoms with E-state index in [0.717, 1.165) is 25.1 Å². The number of hydrogen-bond acceptors (Lipinski definition) is 4. The lowest BCUT2D eigenvalue weighted by molar-refractivity contribution is -0.157. The van der Waals surface area contributed by atoms with Gasteiger partial charge in [-0.2, -0.15) is 0 Å². The molecule has 1 heterocycles. The SMILES string of the molecule is CC(C)(C)OC(=O)[C@H](Cc1ccccc1)NC1CCNC1.Cl. The zero-order valence-electron chi connectivity index (χ0n) is 13.6. The van der Waals surface area contributed by atoms with Crippen molar-refractivity contribution < 1.29 is 9.53 Å². The second-order valence-electron chi connectivity index (χ2n) is 6.63. The van der Waals surface area contributed by atoms with Gasteiger partial charge in [0.15, 0.2) is 0 Å². The van der Waals surface area contributed by atoms with E-state index >= 15 is 0 Å². The summed E-state index contributed by atoms with van der Waals surface area (Å²) in [5.74, 6) is -0.168. The van der Waals surface area contributed by atoms with Crippen LogP contribution < -0.4 is 10.6 Å². The Morgan fingerprint density at radius 3 is 2.59 bits per heavy atom. The lowest BCUT2D eigenvalue weighted by atomic mass is 10.0. The van der Waals surface area contributed by atoms with E-state index in [9.17, 15) is 4.79 Å². The summed E-state index contributed by atoms with van der Waals surface area (Å²) in [5.41, 5.74) is 0.688. The molecule has 0 saturated carbocycles. The Labute approximate surface area is 139 Å². The number of carbonyl (C=O) groups excluding carboxylic acids is 1. The van der Waals surface area contributed by atoms with Gasteiger partial charge >= 0.3 is 5.97 Å². The number of nitrogens with one attached hydrogen (secondary N) is 2. The Kier molecular flexibility index (Phi) is 7.33. The molecule has 2 atom stereocenters. The number of halogens is 1. The maximum Gasteiger partial charge on any atom is 0.324 e. The smallest absolute Gasteiger partial charge is 0.324 e. The minimum absolute atomic E-state index is 0. The molecule has 124 valence electrons. The van der Waals surface area contributed by atoms with Gasteiger partial charge in [0.05, 0.1) is 0 Å². The molecule has 1 unspecified atom stereocenters. The van der Waals surface area contributed by atoms with E-state index in [-0.39, 0.29) is 24.4 Å². The predicted molar refractivity (Wildman–Crippen MR) is 91.4 cm³/mol. The number of carbonyl (C=O) groups is 1. The van der Waals surface area contributed by atoms with Gasteiger partial charge in [0.25, 0.3) is 0 Å². The van der Waals surface area contributed by atoms with Gasteiger partial charge < -0.3 is 15.4 Å². The standard InChI is InChI=1S/C17H26N2O2.ClH/c1-17(2,3)21-16(20)15(19-14-9-10-18-12-14)11-13-7-5-4-6-8-13;/h4-8,14-15,18-19H,9-12H2,1-3H3;1H/t14?,15-;/m0./s1. The van der Waals surface area contributed by atoms with E-state index in [4.69, 9.17) is 4.74 Å². The molecular formula is C17H27ClN2O2. The summed E-state index contributed by atoms with van der Waals surface area (Å²) in [7, 11) is 0. The normalized spacial score (nSPS) is 19.3. The minimum Gasteiger partial charge on any atom is -0.459 e. The predicted octanol–water partition coefficient (Wildman–Crippen LogP) is 2.31. The van der Waals surface area contributed by atoms with Gasteiger partial charge in [-0.15, -0.1) is 12.4 Å². The minimum atomic E-state index is -0.457. The maximum absolute atomic E-state index is 12.4. The number of ether oxygens (including phenoxy) is 1. The van der Waals surface area contributed by atoms with Gasteiger partial charge in [0.2, 0.25) is 0 Å². The molecule has 1 fully saturated rings. The van der Waals surface area contributed by atoms with Crippen LogP contribution in [0.4, 0.5) is 0 Å². The fourth-order valence-corrected chi connectivity index (χ4v) is 2.51. The van der Waals surface area contributed by atoms with Gasteiger partial charge in [0, 0.05) is 12.6 Å². The third-order valence-electron chi connectivity index (χ3n) is 3.47. The van der Waals surface area contributed by atoms with Crippen molar-refractivity contribution in [1.29, 1.82) is 0 Å². The van der Waals surface area contributed by atoms with Crippen molar-refractivity contribution in [2.24, 2.45) is 0 Å². The summed E-state index contributed by atoms with van der Waals surface area (Å²) >= 11 is 0. The molecule has 1 aromatic rings. The van der Waals surface area contributed by atoms with E-state index in [0.29, 0.717) is 12.5 Å². The molecule has 0 bridgehead atoms. The molecule has 2 rings (SSSR count). The molecule has 0 radical (unpaired) electrons. The van der Waals surface area contributed by atoms with Crippen molar-refractivity contribution in [3.63, 3.8) is 0 Å². The summed E-state index contributed by atoms with van der Waals surface area (Å²) in [6.07, 6.45) is 1.71. The molecule has 5 heteroatoms. The Morgan fingerprint density at radius 2 is 2.05 bits per heavy atom. The van der Waals surface area contributed by atoms with Crippen LogP contribution in [0, 0.1) is 0 Å². The molecule has 0 spiro atoms. The van der Waals surface area contributed by atoms with Crippen LogP contribution in [-0.2, 0) is 16.0 Å². The van der Waals surface area contributed by atoms with Gasteiger partial charge in [-0.25, -0.2) is 0 Å². The molecule has 2 N–H and O–H groups in total. The third kappa shape index (κ3) is 6.34. The number of rotatable bonds is 5. The van der Waals surface area contributed by atoms with Crippen LogP contribution in [0.15, 0.2) is 30.3 Å². The Hall–Kier alpha value is -1.10. The van der Waals surface area contributed by atoms with Crippen LogP contribution in [0.5, 0.6) is 0 Å².